The Bertz CT molecular complexity index is 864. The SMILES string of the molecule is Cc1cc(C)n(CCC(=O)N2CCC[C@H](CCC(=O)N(C)CCc3ccccn3)C2)n1. The fourth-order valence-electron chi connectivity index (χ4n) is 4.26. The minimum Gasteiger partial charge on any atom is -0.345 e. The molecule has 2 amide bonds. The molecule has 0 radical (unpaired) electrons. The number of hydrogen-bond acceptors (Lipinski definition) is 4. The Hall–Kier alpha value is -2.70. The van der Waals surface area contributed by atoms with Gasteiger partial charge in [-0.1, -0.05) is 6.07 Å². The first-order valence-corrected chi connectivity index (χ1v) is 11.3. The maximum atomic E-state index is 12.7. The van der Waals surface area contributed by atoms with Gasteiger partial charge in [0.2, 0.25) is 11.8 Å². The molecule has 1 saturated heterocycles. The summed E-state index contributed by atoms with van der Waals surface area (Å²) in [6.07, 6.45) is 6.51. The highest BCUT2D eigenvalue weighted by molar-refractivity contribution is 5.76. The van der Waals surface area contributed by atoms with Crippen molar-refractivity contribution in [3.63, 3.8) is 0 Å². The molecule has 3 heterocycles. The Labute approximate surface area is 185 Å². The third-order valence-electron chi connectivity index (χ3n) is 6.13. The number of hydrogen-bond donors (Lipinski definition) is 0. The van der Waals surface area contributed by atoms with Crippen molar-refractivity contribution in [2.75, 3.05) is 26.7 Å². The molecule has 2 aromatic heterocycles. The lowest BCUT2D eigenvalue weighted by atomic mass is 9.93. The highest BCUT2D eigenvalue weighted by atomic mass is 16.2. The predicted molar refractivity (Wildman–Crippen MR) is 120 cm³/mol. The molecule has 0 N–H and O–H groups in total. The van der Waals surface area contributed by atoms with Gasteiger partial charge in [-0.15, -0.1) is 0 Å². The van der Waals surface area contributed by atoms with Crippen molar-refractivity contribution in [3.05, 3.63) is 47.5 Å². The maximum Gasteiger partial charge on any atom is 0.224 e. The van der Waals surface area contributed by atoms with Crippen molar-refractivity contribution in [1.29, 1.82) is 0 Å². The quantitative estimate of drug-likeness (QED) is 0.619. The Morgan fingerprint density at radius 3 is 2.77 bits per heavy atom. The molecule has 1 aliphatic heterocycles. The summed E-state index contributed by atoms with van der Waals surface area (Å²) >= 11 is 0. The van der Waals surface area contributed by atoms with Crippen LogP contribution in [0.15, 0.2) is 30.5 Å². The topological polar surface area (TPSA) is 71.3 Å². The van der Waals surface area contributed by atoms with E-state index in [9.17, 15) is 9.59 Å². The van der Waals surface area contributed by atoms with E-state index in [0.717, 1.165) is 55.9 Å². The van der Waals surface area contributed by atoms with E-state index in [1.807, 2.05) is 54.7 Å². The second-order valence-corrected chi connectivity index (χ2v) is 8.67. The van der Waals surface area contributed by atoms with Crippen molar-refractivity contribution < 1.29 is 9.59 Å². The molecule has 1 fully saturated rings. The first kappa shape index (κ1) is 23.0. The standard InChI is InChI=1S/C24H35N5O2/c1-19-17-20(2)29(26-19)16-12-24(31)28-14-6-7-21(18-28)9-10-23(30)27(3)15-11-22-8-4-5-13-25-22/h4-5,8,13,17,21H,6-7,9-12,14-16,18H2,1-3H3/t21-/m1/s1. The van der Waals surface area contributed by atoms with Crippen LogP contribution in [0.3, 0.4) is 0 Å². The molecule has 1 aliphatic rings. The van der Waals surface area contributed by atoms with Gasteiger partial charge < -0.3 is 9.80 Å². The van der Waals surface area contributed by atoms with E-state index < -0.39 is 0 Å². The van der Waals surface area contributed by atoms with Crippen LogP contribution in [-0.4, -0.2) is 63.1 Å². The number of piperidine rings is 1. The molecule has 0 saturated carbocycles. The Balaban J connectivity index is 1.39. The normalized spacial score (nSPS) is 16.4. The average molecular weight is 426 g/mol. The van der Waals surface area contributed by atoms with Gasteiger partial charge in [-0.25, -0.2) is 0 Å². The van der Waals surface area contributed by atoms with Gasteiger partial charge in [0.1, 0.15) is 0 Å². The molecule has 2 aromatic rings. The molecule has 7 nitrogen and oxygen atoms in total. The largest absolute Gasteiger partial charge is 0.345 e. The highest BCUT2D eigenvalue weighted by Gasteiger charge is 2.24. The third-order valence-corrected chi connectivity index (χ3v) is 6.13. The molecule has 0 aliphatic carbocycles. The number of likely N-dealkylation sites (N-methyl/N-ethyl adjacent to an activating group) is 1. The van der Waals surface area contributed by atoms with E-state index in [1.54, 1.807) is 11.1 Å². The van der Waals surface area contributed by atoms with Crippen molar-refractivity contribution >= 4 is 11.8 Å². The van der Waals surface area contributed by atoms with Gasteiger partial charge in [-0.05, 0) is 57.2 Å². The van der Waals surface area contributed by atoms with Crippen LogP contribution >= 0.6 is 0 Å². The fraction of sp³-hybridized carbons (Fsp3) is 0.583. The predicted octanol–water partition coefficient (Wildman–Crippen LogP) is 3.00. The number of aromatic nitrogens is 3. The lowest BCUT2D eigenvalue weighted by Crippen LogP contribution is -2.40. The monoisotopic (exact) mass is 425 g/mol. The molecule has 1 atom stereocenters. The van der Waals surface area contributed by atoms with Gasteiger partial charge in [-0.3, -0.25) is 19.3 Å². The number of pyridine rings is 1. The maximum absolute atomic E-state index is 12.7. The number of amides is 2. The summed E-state index contributed by atoms with van der Waals surface area (Å²) in [5.74, 6) is 0.763. The van der Waals surface area contributed by atoms with E-state index in [4.69, 9.17) is 0 Å². The van der Waals surface area contributed by atoms with E-state index in [-0.39, 0.29) is 11.8 Å². The van der Waals surface area contributed by atoms with Crippen LogP contribution in [0.2, 0.25) is 0 Å². The second-order valence-electron chi connectivity index (χ2n) is 8.67. The summed E-state index contributed by atoms with van der Waals surface area (Å²) in [6, 6.07) is 7.89. The molecule has 31 heavy (non-hydrogen) atoms. The number of carbonyl (C=O) groups excluding carboxylic acids is 2. The summed E-state index contributed by atoms with van der Waals surface area (Å²) in [7, 11) is 1.86. The van der Waals surface area contributed by atoms with Crippen LogP contribution in [0.25, 0.3) is 0 Å². The van der Waals surface area contributed by atoms with E-state index >= 15 is 0 Å². The van der Waals surface area contributed by atoms with Gasteiger partial charge in [0.25, 0.3) is 0 Å². The molecule has 3 rings (SSSR count). The van der Waals surface area contributed by atoms with E-state index in [1.165, 1.54) is 0 Å². The van der Waals surface area contributed by atoms with Gasteiger partial charge >= 0.3 is 0 Å². The van der Waals surface area contributed by atoms with Crippen LogP contribution in [0, 0.1) is 19.8 Å². The third kappa shape index (κ3) is 6.91. The lowest BCUT2D eigenvalue weighted by molar-refractivity contribution is -0.133. The summed E-state index contributed by atoms with van der Waals surface area (Å²) < 4.78 is 1.91. The van der Waals surface area contributed by atoms with Crippen LogP contribution < -0.4 is 0 Å². The van der Waals surface area contributed by atoms with Crippen LogP contribution in [0.1, 0.15) is 49.2 Å². The Morgan fingerprint density at radius 1 is 1.23 bits per heavy atom. The number of aryl methyl sites for hydroxylation is 3. The smallest absolute Gasteiger partial charge is 0.224 e. The summed E-state index contributed by atoms with van der Waals surface area (Å²) in [5, 5.41) is 4.44. The zero-order valence-electron chi connectivity index (χ0n) is 19.1. The number of likely N-dealkylation sites (tertiary alicyclic amines) is 1. The number of rotatable bonds is 9. The number of nitrogens with zero attached hydrogens (tertiary/aromatic N) is 5. The second kappa shape index (κ2) is 11.1. The first-order chi connectivity index (χ1) is 14.9. The van der Waals surface area contributed by atoms with E-state index in [0.29, 0.717) is 31.8 Å². The van der Waals surface area contributed by atoms with E-state index in [2.05, 4.69) is 10.1 Å². The zero-order chi connectivity index (χ0) is 22.2. The van der Waals surface area contributed by atoms with Gasteiger partial charge in [-0.2, -0.15) is 5.10 Å². The van der Waals surface area contributed by atoms with Crippen molar-refractivity contribution in [3.8, 4) is 0 Å². The molecular formula is C24H35N5O2. The van der Waals surface area contributed by atoms with Crippen LogP contribution in [0.4, 0.5) is 0 Å². The highest BCUT2D eigenvalue weighted by Crippen LogP contribution is 2.22. The molecule has 168 valence electrons. The van der Waals surface area contributed by atoms with Gasteiger partial charge in [0, 0.05) is 70.1 Å². The molecule has 7 heteroatoms. The zero-order valence-corrected chi connectivity index (χ0v) is 19.1. The van der Waals surface area contributed by atoms with Crippen LogP contribution in [-0.2, 0) is 22.6 Å². The molecular weight excluding hydrogens is 390 g/mol. The fourth-order valence-corrected chi connectivity index (χ4v) is 4.26. The van der Waals surface area contributed by atoms with Crippen molar-refractivity contribution in [2.24, 2.45) is 5.92 Å². The van der Waals surface area contributed by atoms with Gasteiger partial charge in [0.05, 0.1) is 5.69 Å². The van der Waals surface area contributed by atoms with Crippen molar-refractivity contribution in [1.82, 2.24) is 24.6 Å². The molecule has 0 bridgehead atoms. The Morgan fingerprint density at radius 2 is 2.06 bits per heavy atom. The molecule has 0 unspecified atom stereocenters. The number of carbonyl (C=O) groups is 2. The minimum absolute atomic E-state index is 0.170. The van der Waals surface area contributed by atoms with Crippen molar-refractivity contribution in [2.45, 2.75) is 58.9 Å². The minimum atomic E-state index is 0.170. The summed E-state index contributed by atoms with van der Waals surface area (Å²) in [4.78, 5) is 33.3. The van der Waals surface area contributed by atoms with Gasteiger partial charge in [0.15, 0.2) is 0 Å². The Kier molecular flexibility index (Phi) is 8.20. The first-order valence-electron chi connectivity index (χ1n) is 11.3. The average Bonchev–Trinajstić information content (AvgIpc) is 3.11. The molecule has 0 spiro atoms. The lowest BCUT2D eigenvalue weighted by Gasteiger charge is -2.33. The summed E-state index contributed by atoms with van der Waals surface area (Å²) in [5.41, 5.74) is 3.08. The summed E-state index contributed by atoms with van der Waals surface area (Å²) in [6.45, 7) is 6.88. The molecule has 0 aromatic carbocycles. The van der Waals surface area contributed by atoms with Crippen LogP contribution in [0.5, 0.6) is 0 Å².